The van der Waals surface area contributed by atoms with E-state index in [1.807, 2.05) is 13.8 Å². The number of amides is 2. The number of sulfonamides is 2. The maximum atomic E-state index is 13.1. The molecule has 3 heterocycles. The molecule has 244 valence electrons. The fourth-order valence-corrected chi connectivity index (χ4v) is 8.66. The number of anilines is 1. The number of carbonyl (C=O) groups is 2. The molecule has 0 saturated heterocycles. The summed E-state index contributed by atoms with van der Waals surface area (Å²) in [5, 5.41) is 2.72. The molecule has 0 fully saturated rings. The molecule has 1 N–H and O–H groups in total. The molecule has 5 rings (SSSR count). The van der Waals surface area contributed by atoms with Crippen molar-refractivity contribution in [2.24, 2.45) is 0 Å². The maximum absolute atomic E-state index is 13.1. The maximum Gasteiger partial charge on any atom is 0.285 e. The highest BCUT2D eigenvalue weighted by Crippen LogP contribution is 2.38. The van der Waals surface area contributed by atoms with Gasteiger partial charge in [0.25, 0.3) is 31.9 Å². The number of nitrogens with one attached hydrogen (secondary N) is 1. The average Bonchev–Trinajstić information content (AvgIpc) is 3.35. The molecule has 0 aliphatic carbocycles. The van der Waals surface area contributed by atoms with E-state index in [0.29, 0.717) is 35.5 Å². The van der Waals surface area contributed by atoms with Gasteiger partial charge in [0.2, 0.25) is 5.88 Å². The third-order valence-corrected chi connectivity index (χ3v) is 11.3. The number of pyridine rings is 1. The molecule has 0 bridgehead atoms. The SMILES string of the molecule is CCCCN1C(=O)C(Cl)=C(c2ccccc2)S1(=O)=O.CCCCN1C(=O)C(Nc2ccc(OC)nc2)=C(c2ccccc2)S1(=O)=O. The molecular weight excluding hydrogens is 652 g/mol. The number of ether oxygens (including phenoxy) is 1. The smallest absolute Gasteiger partial charge is 0.285 e. The molecule has 2 aliphatic heterocycles. The highest BCUT2D eigenvalue weighted by Gasteiger charge is 2.45. The van der Waals surface area contributed by atoms with Crippen molar-refractivity contribution < 1.29 is 31.2 Å². The number of hydrogen-bond donors (Lipinski definition) is 1. The van der Waals surface area contributed by atoms with E-state index >= 15 is 0 Å². The van der Waals surface area contributed by atoms with Crippen molar-refractivity contribution in [3.63, 3.8) is 0 Å². The van der Waals surface area contributed by atoms with Gasteiger partial charge in [-0.05, 0) is 30.0 Å². The first kappa shape index (κ1) is 34.7. The van der Waals surface area contributed by atoms with Gasteiger partial charge in [-0.25, -0.2) is 30.4 Å². The third-order valence-electron chi connectivity index (χ3n) is 7.09. The summed E-state index contributed by atoms with van der Waals surface area (Å²) in [6.45, 7) is 4.20. The molecule has 2 aromatic carbocycles. The number of unbranched alkanes of at least 4 members (excludes halogenated alkanes) is 2. The Kier molecular flexibility index (Phi) is 11.3. The van der Waals surface area contributed by atoms with Gasteiger partial charge in [0.05, 0.1) is 19.0 Å². The Labute approximate surface area is 274 Å². The van der Waals surface area contributed by atoms with Gasteiger partial charge in [-0.3, -0.25) is 9.59 Å². The Morgan fingerprint density at radius 2 is 1.24 bits per heavy atom. The first-order valence-electron chi connectivity index (χ1n) is 14.6. The van der Waals surface area contributed by atoms with Gasteiger partial charge in [0.15, 0.2) is 0 Å². The van der Waals surface area contributed by atoms with Gasteiger partial charge in [-0.2, -0.15) is 0 Å². The van der Waals surface area contributed by atoms with E-state index in [1.54, 1.807) is 72.8 Å². The first-order valence-corrected chi connectivity index (χ1v) is 17.9. The van der Waals surface area contributed by atoms with Gasteiger partial charge < -0.3 is 10.1 Å². The van der Waals surface area contributed by atoms with Crippen LogP contribution in [0.2, 0.25) is 0 Å². The van der Waals surface area contributed by atoms with Crippen molar-refractivity contribution in [1.82, 2.24) is 13.6 Å². The van der Waals surface area contributed by atoms with Crippen molar-refractivity contribution in [3.8, 4) is 5.88 Å². The summed E-state index contributed by atoms with van der Waals surface area (Å²) >= 11 is 5.93. The minimum atomic E-state index is -3.93. The van der Waals surface area contributed by atoms with Crippen molar-refractivity contribution in [1.29, 1.82) is 0 Å². The summed E-state index contributed by atoms with van der Waals surface area (Å²) in [6.07, 6.45) is 4.30. The van der Waals surface area contributed by atoms with E-state index in [-0.39, 0.29) is 33.6 Å². The number of aromatic nitrogens is 1. The Morgan fingerprint density at radius 3 is 1.72 bits per heavy atom. The largest absolute Gasteiger partial charge is 0.481 e. The zero-order valence-electron chi connectivity index (χ0n) is 25.6. The second-order valence-corrected chi connectivity index (χ2v) is 14.2. The minimum absolute atomic E-state index is 0.0139. The molecule has 0 atom stereocenters. The van der Waals surface area contributed by atoms with Crippen molar-refractivity contribution in [2.75, 3.05) is 25.5 Å². The topological polar surface area (TPSA) is 143 Å². The molecule has 0 saturated carbocycles. The summed E-state index contributed by atoms with van der Waals surface area (Å²) in [4.78, 5) is 28.9. The van der Waals surface area contributed by atoms with E-state index in [2.05, 4.69) is 10.3 Å². The fraction of sp³-hybridized carbons (Fsp3) is 0.281. The average molecular weight is 687 g/mol. The van der Waals surface area contributed by atoms with Crippen LogP contribution in [0.5, 0.6) is 5.88 Å². The van der Waals surface area contributed by atoms with E-state index < -0.39 is 31.9 Å². The predicted molar refractivity (Wildman–Crippen MR) is 178 cm³/mol. The predicted octanol–water partition coefficient (Wildman–Crippen LogP) is 5.41. The van der Waals surface area contributed by atoms with Crippen LogP contribution in [-0.4, -0.2) is 62.4 Å². The van der Waals surface area contributed by atoms with Gasteiger partial charge in [0, 0.05) is 19.2 Å². The van der Waals surface area contributed by atoms with Gasteiger partial charge in [-0.15, -0.1) is 0 Å². The molecule has 1 aromatic heterocycles. The van der Waals surface area contributed by atoms with Crippen LogP contribution in [-0.2, 0) is 29.6 Å². The van der Waals surface area contributed by atoms with Crippen LogP contribution in [0.25, 0.3) is 9.81 Å². The third kappa shape index (κ3) is 7.11. The second-order valence-electron chi connectivity index (χ2n) is 10.3. The zero-order valence-corrected chi connectivity index (χ0v) is 28.0. The summed E-state index contributed by atoms with van der Waals surface area (Å²) in [7, 11) is -6.24. The molecule has 11 nitrogen and oxygen atoms in total. The standard InChI is InChI=1S/C19H21N3O4S.C13H14ClNO3S/c1-3-4-12-22-19(23)17(21-15-10-11-16(26-2)20-13-15)18(27(22,24)25)14-8-6-5-7-9-14;1-2-3-9-15-13(16)11(14)12(19(15,17)18)10-7-5-4-6-8-10/h5-11,13,21H,3-4,12H2,1-2H3;4-8H,2-3,9H2,1H3. The molecule has 14 heteroatoms. The van der Waals surface area contributed by atoms with Crippen LogP contribution in [0.15, 0.2) is 89.7 Å². The molecule has 3 aromatic rings. The van der Waals surface area contributed by atoms with Gasteiger partial charge >= 0.3 is 0 Å². The number of hydrogen-bond acceptors (Lipinski definition) is 9. The molecule has 2 amide bonds. The lowest BCUT2D eigenvalue weighted by atomic mass is 10.1. The molecule has 0 radical (unpaired) electrons. The quantitative estimate of drug-likeness (QED) is 0.280. The Hall–Kier alpha value is -4.20. The monoisotopic (exact) mass is 686 g/mol. The summed E-state index contributed by atoms with van der Waals surface area (Å²) in [5.41, 5.74) is 1.44. The van der Waals surface area contributed by atoms with Gasteiger partial charge in [0.1, 0.15) is 20.5 Å². The fourth-order valence-electron chi connectivity index (χ4n) is 4.73. The number of benzene rings is 2. The van der Waals surface area contributed by atoms with E-state index in [0.717, 1.165) is 21.5 Å². The van der Waals surface area contributed by atoms with E-state index in [1.165, 1.54) is 13.3 Å². The van der Waals surface area contributed by atoms with Crippen LogP contribution in [0.3, 0.4) is 0 Å². The lowest BCUT2D eigenvalue weighted by Crippen LogP contribution is -2.33. The number of carbonyl (C=O) groups excluding carboxylic acids is 2. The minimum Gasteiger partial charge on any atom is -0.481 e. The Bertz CT molecular complexity index is 1850. The van der Waals surface area contributed by atoms with Crippen LogP contribution in [0.1, 0.15) is 50.7 Å². The lowest BCUT2D eigenvalue weighted by Gasteiger charge is -2.16. The molecule has 0 unspecified atom stereocenters. The van der Waals surface area contributed by atoms with Crippen LogP contribution >= 0.6 is 11.6 Å². The van der Waals surface area contributed by atoms with Crippen molar-refractivity contribution in [3.05, 3.63) is 101 Å². The van der Waals surface area contributed by atoms with Gasteiger partial charge in [-0.1, -0.05) is 99.0 Å². The van der Waals surface area contributed by atoms with Crippen molar-refractivity contribution >= 4 is 59.0 Å². The summed E-state index contributed by atoms with van der Waals surface area (Å²) in [5.74, 6) is -0.764. The Morgan fingerprint density at radius 1 is 0.739 bits per heavy atom. The molecule has 2 aliphatic rings. The zero-order chi connectivity index (χ0) is 33.5. The normalized spacial score (nSPS) is 16.9. The molecular formula is C32H35ClN4O7S2. The van der Waals surface area contributed by atoms with Crippen LogP contribution < -0.4 is 10.1 Å². The van der Waals surface area contributed by atoms with Crippen LogP contribution in [0, 0.1) is 0 Å². The van der Waals surface area contributed by atoms with Crippen molar-refractivity contribution in [2.45, 2.75) is 39.5 Å². The molecule has 46 heavy (non-hydrogen) atoms. The molecule has 0 spiro atoms. The second kappa shape index (κ2) is 14.9. The lowest BCUT2D eigenvalue weighted by molar-refractivity contribution is -0.122. The Balaban J connectivity index is 0.000000222. The van der Waals surface area contributed by atoms with E-state index in [4.69, 9.17) is 16.3 Å². The number of methoxy groups -OCH3 is 1. The summed E-state index contributed by atoms with van der Waals surface area (Å²) in [6, 6.07) is 20.4. The van der Waals surface area contributed by atoms with E-state index in [9.17, 15) is 26.4 Å². The summed E-state index contributed by atoms with van der Waals surface area (Å²) < 4.78 is 57.8. The number of rotatable bonds is 11. The number of halogens is 1. The first-order chi connectivity index (χ1) is 22.0. The van der Waals surface area contributed by atoms with Crippen LogP contribution in [0.4, 0.5) is 5.69 Å². The number of nitrogens with zero attached hydrogens (tertiary/aromatic N) is 3. The highest BCUT2D eigenvalue weighted by atomic mass is 35.5. The highest BCUT2D eigenvalue weighted by molar-refractivity contribution is 8.00.